The van der Waals surface area contributed by atoms with E-state index >= 15 is 0 Å². The number of fused-ring (bicyclic) bond motifs is 1. The molecule has 0 unspecified atom stereocenters. The lowest BCUT2D eigenvalue weighted by molar-refractivity contribution is 0.357. The number of hydrogen-bond acceptors (Lipinski definition) is 2. The van der Waals surface area contributed by atoms with Gasteiger partial charge in [-0.3, -0.25) is 0 Å². The van der Waals surface area contributed by atoms with Gasteiger partial charge in [0.05, 0.1) is 6.61 Å². The Hall–Kier alpha value is -1.80. The summed E-state index contributed by atoms with van der Waals surface area (Å²) in [5, 5.41) is 3.63. The molecule has 2 aromatic carbocycles. The van der Waals surface area contributed by atoms with Crippen LogP contribution in [-0.2, 0) is 13.0 Å². The first-order chi connectivity index (χ1) is 10.3. The molecule has 21 heavy (non-hydrogen) atoms. The SMILES string of the molecule is Cc1ccc(CNC2CC2)c(-c2ccc3c(c2)CCO3)c1. The third-order valence-electron chi connectivity index (χ3n) is 4.42. The standard InChI is InChI=1S/C19H21NO/c1-13-2-3-16(12-20-17-5-6-17)18(10-13)14-4-7-19-15(11-14)8-9-21-19/h2-4,7,10-11,17,20H,5-6,8-9,12H2,1H3. The highest BCUT2D eigenvalue weighted by Gasteiger charge is 2.21. The molecule has 2 aromatic rings. The van der Waals surface area contributed by atoms with Crippen molar-refractivity contribution in [3.8, 4) is 16.9 Å². The Morgan fingerprint density at radius 2 is 2.05 bits per heavy atom. The Balaban J connectivity index is 1.69. The van der Waals surface area contributed by atoms with E-state index in [1.165, 1.54) is 40.7 Å². The molecule has 108 valence electrons. The zero-order valence-corrected chi connectivity index (χ0v) is 12.5. The van der Waals surface area contributed by atoms with Gasteiger partial charge >= 0.3 is 0 Å². The van der Waals surface area contributed by atoms with Gasteiger partial charge in [0.2, 0.25) is 0 Å². The quantitative estimate of drug-likeness (QED) is 0.918. The molecule has 0 spiro atoms. The fourth-order valence-corrected chi connectivity index (χ4v) is 3.01. The van der Waals surface area contributed by atoms with Crippen LogP contribution in [0, 0.1) is 6.92 Å². The van der Waals surface area contributed by atoms with E-state index in [9.17, 15) is 0 Å². The number of aryl methyl sites for hydroxylation is 1. The number of ether oxygens (including phenoxy) is 1. The first kappa shape index (κ1) is 12.9. The minimum absolute atomic E-state index is 0.743. The zero-order valence-electron chi connectivity index (χ0n) is 12.5. The van der Waals surface area contributed by atoms with E-state index in [1.807, 2.05) is 0 Å². The van der Waals surface area contributed by atoms with Gasteiger partial charge in [-0.25, -0.2) is 0 Å². The summed E-state index contributed by atoms with van der Waals surface area (Å²) in [4.78, 5) is 0. The Morgan fingerprint density at radius 3 is 2.90 bits per heavy atom. The van der Waals surface area contributed by atoms with Crippen molar-refractivity contribution in [3.63, 3.8) is 0 Å². The molecule has 1 saturated carbocycles. The first-order valence-electron chi connectivity index (χ1n) is 7.88. The highest BCUT2D eigenvalue weighted by molar-refractivity contribution is 5.70. The molecular formula is C19H21NO. The fourth-order valence-electron chi connectivity index (χ4n) is 3.01. The van der Waals surface area contributed by atoms with Gasteiger partial charge in [0.15, 0.2) is 0 Å². The van der Waals surface area contributed by atoms with Gasteiger partial charge in [-0.2, -0.15) is 0 Å². The van der Waals surface area contributed by atoms with Crippen molar-refractivity contribution in [3.05, 3.63) is 53.1 Å². The van der Waals surface area contributed by atoms with E-state index in [0.29, 0.717) is 0 Å². The average Bonchev–Trinajstić information content (AvgIpc) is 3.21. The van der Waals surface area contributed by atoms with Crippen LogP contribution in [0.25, 0.3) is 11.1 Å². The number of hydrogen-bond donors (Lipinski definition) is 1. The van der Waals surface area contributed by atoms with Gasteiger partial charge in [-0.05, 0) is 54.2 Å². The summed E-state index contributed by atoms with van der Waals surface area (Å²) < 4.78 is 5.62. The zero-order chi connectivity index (χ0) is 14.2. The highest BCUT2D eigenvalue weighted by Crippen LogP contribution is 2.33. The number of nitrogens with one attached hydrogen (secondary N) is 1. The van der Waals surface area contributed by atoms with E-state index in [2.05, 4.69) is 48.6 Å². The van der Waals surface area contributed by atoms with Crippen LogP contribution in [0.15, 0.2) is 36.4 Å². The van der Waals surface area contributed by atoms with Crippen molar-refractivity contribution in [1.29, 1.82) is 0 Å². The third-order valence-corrected chi connectivity index (χ3v) is 4.42. The van der Waals surface area contributed by atoms with E-state index < -0.39 is 0 Å². The van der Waals surface area contributed by atoms with Gasteiger partial charge in [0.25, 0.3) is 0 Å². The fraction of sp³-hybridized carbons (Fsp3) is 0.368. The van der Waals surface area contributed by atoms with Gasteiger partial charge in [0, 0.05) is 19.0 Å². The Kier molecular flexibility index (Phi) is 3.19. The normalized spacial score (nSPS) is 16.6. The highest BCUT2D eigenvalue weighted by atomic mass is 16.5. The molecule has 1 aliphatic heterocycles. The van der Waals surface area contributed by atoms with E-state index in [4.69, 9.17) is 4.74 Å². The Morgan fingerprint density at radius 1 is 1.14 bits per heavy atom. The van der Waals surface area contributed by atoms with Gasteiger partial charge in [0.1, 0.15) is 5.75 Å². The molecule has 2 nitrogen and oxygen atoms in total. The van der Waals surface area contributed by atoms with Gasteiger partial charge < -0.3 is 10.1 Å². The second-order valence-corrected chi connectivity index (χ2v) is 6.24. The molecule has 0 bridgehead atoms. The van der Waals surface area contributed by atoms with Crippen molar-refractivity contribution >= 4 is 0 Å². The summed E-state index contributed by atoms with van der Waals surface area (Å²) in [6, 6.07) is 14.2. The lowest BCUT2D eigenvalue weighted by atomic mass is 9.95. The third kappa shape index (κ3) is 2.68. The molecule has 2 heteroatoms. The maximum absolute atomic E-state index is 5.62. The predicted molar refractivity (Wildman–Crippen MR) is 85.7 cm³/mol. The van der Waals surface area contributed by atoms with Gasteiger partial charge in [-0.15, -0.1) is 0 Å². The maximum Gasteiger partial charge on any atom is 0.122 e. The minimum Gasteiger partial charge on any atom is -0.493 e. The molecule has 4 rings (SSSR count). The second kappa shape index (κ2) is 5.19. The molecule has 1 N–H and O–H groups in total. The molecular weight excluding hydrogens is 258 g/mol. The lowest BCUT2D eigenvalue weighted by Gasteiger charge is -2.13. The summed E-state index contributed by atoms with van der Waals surface area (Å²) in [5.74, 6) is 1.06. The van der Waals surface area contributed by atoms with Crippen LogP contribution >= 0.6 is 0 Å². The number of rotatable bonds is 4. The van der Waals surface area contributed by atoms with Crippen molar-refractivity contribution in [1.82, 2.24) is 5.32 Å². The summed E-state index contributed by atoms with van der Waals surface area (Å²) >= 11 is 0. The van der Waals surface area contributed by atoms with Crippen molar-refractivity contribution < 1.29 is 4.74 Å². The summed E-state index contributed by atoms with van der Waals surface area (Å²) in [7, 11) is 0. The Labute approximate surface area is 126 Å². The van der Waals surface area contributed by atoms with Gasteiger partial charge in [-0.1, -0.05) is 29.8 Å². The molecule has 0 amide bonds. The van der Waals surface area contributed by atoms with Crippen molar-refractivity contribution in [2.24, 2.45) is 0 Å². The van der Waals surface area contributed by atoms with Crippen molar-refractivity contribution in [2.45, 2.75) is 38.8 Å². The average molecular weight is 279 g/mol. The van der Waals surface area contributed by atoms with Crippen LogP contribution in [0.3, 0.4) is 0 Å². The molecule has 1 heterocycles. The van der Waals surface area contributed by atoms with Crippen LogP contribution in [-0.4, -0.2) is 12.6 Å². The van der Waals surface area contributed by atoms with E-state index in [0.717, 1.165) is 31.4 Å². The Bertz CT molecular complexity index is 673. The topological polar surface area (TPSA) is 21.3 Å². The molecule has 2 aliphatic rings. The van der Waals surface area contributed by atoms with Crippen molar-refractivity contribution in [2.75, 3.05) is 6.61 Å². The second-order valence-electron chi connectivity index (χ2n) is 6.24. The minimum atomic E-state index is 0.743. The molecule has 0 radical (unpaired) electrons. The molecule has 1 fully saturated rings. The molecule has 1 aliphatic carbocycles. The van der Waals surface area contributed by atoms with E-state index in [-0.39, 0.29) is 0 Å². The summed E-state index contributed by atoms with van der Waals surface area (Å²) in [5.41, 5.74) is 6.73. The summed E-state index contributed by atoms with van der Waals surface area (Å²) in [6.07, 6.45) is 3.69. The van der Waals surface area contributed by atoms with Crippen LogP contribution < -0.4 is 10.1 Å². The lowest BCUT2D eigenvalue weighted by Crippen LogP contribution is -2.15. The molecule has 0 saturated heterocycles. The summed E-state index contributed by atoms with van der Waals surface area (Å²) in [6.45, 7) is 3.95. The van der Waals surface area contributed by atoms with Crippen LogP contribution in [0.4, 0.5) is 0 Å². The van der Waals surface area contributed by atoms with E-state index in [1.54, 1.807) is 0 Å². The van der Waals surface area contributed by atoms with Crippen LogP contribution in [0.1, 0.15) is 29.5 Å². The smallest absolute Gasteiger partial charge is 0.122 e. The predicted octanol–water partition coefficient (Wildman–Crippen LogP) is 3.85. The number of benzene rings is 2. The monoisotopic (exact) mass is 279 g/mol. The molecule has 0 atom stereocenters. The largest absolute Gasteiger partial charge is 0.493 e. The van der Waals surface area contributed by atoms with Crippen LogP contribution in [0.2, 0.25) is 0 Å². The first-order valence-corrected chi connectivity index (χ1v) is 7.88. The maximum atomic E-state index is 5.62. The van der Waals surface area contributed by atoms with Crippen LogP contribution in [0.5, 0.6) is 5.75 Å². The molecule has 0 aromatic heterocycles.